The molecule has 0 saturated heterocycles. The number of carbonyl (C=O) groups is 2. The van der Waals surface area contributed by atoms with Crippen LogP contribution in [0, 0.1) is 0 Å². The number of benzene rings is 1. The van der Waals surface area contributed by atoms with Crippen molar-refractivity contribution in [1.29, 1.82) is 0 Å². The first-order valence-corrected chi connectivity index (χ1v) is 7.21. The van der Waals surface area contributed by atoms with Gasteiger partial charge in [-0.2, -0.15) is 0 Å². The fourth-order valence-electron chi connectivity index (χ4n) is 2.50. The molecule has 0 aromatic heterocycles. The first-order chi connectivity index (χ1) is 10.1. The van der Waals surface area contributed by atoms with Crippen molar-refractivity contribution < 1.29 is 9.59 Å². The molecule has 1 unspecified atom stereocenters. The van der Waals surface area contributed by atoms with E-state index in [1.165, 1.54) is 11.1 Å². The maximum Gasteiger partial charge on any atom is 0.251 e. The Morgan fingerprint density at radius 2 is 1.86 bits per heavy atom. The number of carbonyl (C=O) groups excluding carboxylic acids is 2. The maximum atomic E-state index is 12.2. The Balaban J connectivity index is 1.58. The summed E-state index contributed by atoms with van der Waals surface area (Å²) in [5, 5.41) is 5.58. The van der Waals surface area contributed by atoms with E-state index >= 15 is 0 Å². The highest BCUT2D eigenvalue weighted by molar-refractivity contribution is 5.97. The summed E-state index contributed by atoms with van der Waals surface area (Å²) >= 11 is 0. The smallest absolute Gasteiger partial charge is 0.251 e. The van der Waals surface area contributed by atoms with Crippen LogP contribution in [0.3, 0.4) is 0 Å². The molecule has 0 heterocycles. The summed E-state index contributed by atoms with van der Waals surface area (Å²) < 4.78 is 0. The molecule has 1 aromatic rings. The molecular weight excluding hydrogens is 264 g/mol. The van der Waals surface area contributed by atoms with E-state index < -0.39 is 6.04 Å². The van der Waals surface area contributed by atoms with Gasteiger partial charge in [0.1, 0.15) is 6.04 Å². The molecule has 2 aliphatic rings. The molecule has 0 radical (unpaired) electrons. The summed E-state index contributed by atoms with van der Waals surface area (Å²) in [6, 6.07) is 5.09. The number of allylic oxidation sites excluding steroid dienone is 2. The highest BCUT2D eigenvalue weighted by atomic mass is 16.2. The average Bonchev–Trinajstić information content (AvgIpc) is 2.92. The van der Waals surface area contributed by atoms with Crippen LogP contribution in [-0.4, -0.2) is 23.9 Å². The number of aryl methyl sites for hydroxylation is 2. The van der Waals surface area contributed by atoms with Crippen molar-refractivity contribution in [2.45, 2.75) is 31.8 Å². The zero-order valence-corrected chi connectivity index (χ0v) is 11.9. The Morgan fingerprint density at radius 1 is 1.14 bits per heavy atom. The Bertz CT molecular complexity index is 634. The molecule has 108 valence electrons. The largest absolute Gasteiger partial charge is 0.345 e. The minimum absolute atomic E-state index is 0.0756. The van der Waals surface area contributed by atoms with Gasteiger partial charge in [0.15, 0.2) is 0 Å². The first kappa shape index (κ1) is 13.6. The number of amides is 2. The van der Waals surface area contributed by atoms with Crippen molar-refractivity contribution in [3.05, 3.63) is 59.2 Å². The Morgan fingerprint density at radius 3 is 2.48 bits per heavy atom. The molecule has 0 bridgehead atoms. The maximum absolute atomic E-state index is 12.2. The summed E-state index contributed by atoms with van der Waals surface area (Å²) in [7, 11) is 0. The van der Waals surface area contributed by atoms with Crippen molar-refractivity contribution in [2.24, 2.45) is 0 Å². The molecule has 2 aliphatic carbocycles. The molecule has 0 saturated carbocycles. The number of hydrogen-bond donors (Lipinski definition) is 2. The van der Waals surface area contributed by atoms with Crippen LogP contribution in [0.15, 0.2) is 42.5 Å². The van der Waals surface area contributed by atoms with Gasteiger partial charge in [0.25, 0.3) is 5.91 Å². The zero-order chi connectivity index (χ0) is 14.8. The molecule has 1 aromatic carbocycles. The van der Waals surface area contributed by atoms with Crippen molar-refractivity contribution in [1.82, 2.24) is 10.6 Å². The number of nitrogens with one attached hydrogen (secondary N) is 2. The molecule has 0 aliphatic heterocycles. The Hall–Kier alpha value is -2.36. The van der Waals surface area contributed by atoms with Crippen molar-refractivity contribution in [3.8, 4) is 0 Å². The standard InChI is InChI=1S/C17H18N2O2/c1-11(16(20)19-15-4-2-3-5-15)18-17(21)14-9-7-12-6-8-13(12)10-14/h2-5,7,9-11,15H,6,8H2,1H3,(H,18,21)(H,19,20). The van der Waals surface area contributed by atoms with Crippen LogP contribution in [-0.2, 0) is 17.6 Å². The normalized spacial score (nSPS) is 17.0. The monoisotopic (exact) mass is 282 g/mol. The van der Waals surface area contributed by atoms with E-state index in [9.17, 15) is 9.59 Å². The zero-order valence-electron chi connectivity index (χ0n) is 11.9. The third-order valence-corrected chi connectivity index (χ3v) is 3.93. The lowest BCUT2D eigenvalue weighted by Gasteiger charge is -2.20. The van der Waals surface area contributed by atoms with E-state index in [-0.39, 0.29) is 17.9 Å². The lowest BCUT2D eigenvalue weighted by molar-refractivity contribution is -0.122. The van der Waals surface area contributed by atoms with E-state index in [4.69, 9.17) is 0 Å². The van der Waals surface area contributed by atoms with E-state index in [1.807, 2.05) is 42.5 Å². The van der Waals surface area contributed by atoms with Crippen LogP contribution in [0.5, 0.6) is 0 Å². The summed E-state index contributed by atoms with van der Waals surface area (Å²) in [5.41, 5.74) is 3.17. The number of fused-ring (bicyclic) bond motifs is 1. The van der Waals surface area contributed by atoms with Gasteiger partial charge >= 0.3 is 0 Å². The van der Waals surface area contributed by atoms with Gasteiger partial charge in [0.05, 0.1) is 6.04 Å². The molecule has 4 nitrogen and oxygen atoms in total. The van der Waals surface area contributed by atoms with Gasteiger partial charge in [-0.15, -0.1) is 0 Å². The molecule has 21 heavy (non-hydrogen) atoms. The summed E-state index contributed by atoms with van der Waals surface area (Å²) in [4.78, 5) is 24.2. The molecular formula is C17H18N2O2. The van der Waals surface area contributed by atoms with Crippen LogP contribution in [0.2, 0.25) is 0 Å². The third-order valence-electron chi connectivity index (χ3n) is 3.93. The SMILES string of the molecule is CC(NC(=O)c1ccc2c(c1)CC2)C(=O)NC1C=CC=C1. The molecule has 0 fully saturated rings. The van der Waals surface area contributed by atoms with Crippen LogP contribution >= 0.6 is 0 Å². The number of hydrogen-bond acceptors (Lipinski definition) is 2. The van der Waals surface area contributed by atoms with Crippen LogP contribution < -0.4 is 10.6 Å². The van der Waals surface area contributed by atoms with E-state index in [2.05, 4.69) is 10.6 Å². The predicted molar refractivity (Wildman–Crippen MR) is 81.0 cm³/mol. The number of rotatable bonds is 4. The highest BCUT2D eigenvalue weighted by Crippen LogP contribution is 2.23. The van der Waals surface area contributed by atoms with Gasteiger partial charge in [-0.25, -0.2) is 0 Å². The Kier molecular flexibility index (Phi) is 3.60. The molecule has 2 amide bonds. The van der Waals surface area contributed by atoms with Gasteiger partial charge in [0.2, 0.25) is 5.91 Å². The minimum Gasteiger partial charge on any atom is -0.345 e. The fraction of sp³-hybridized carbons (Fsp3) is 0.294. The summed E-state index contributed by atoms with van der Waals surface area (Å²) in [6.45, 7) is 1.69. The fourth-order valence-corrected chi connectivity index (χ4v) is 2.50. The lowest BCUT2D eigenvalue weighted by Crippen LogP contribution is -2.47. The molecule has 4 heteroatoms. The highest BCUT2D eigenvalue weighted by Gasteiger charge is 2.20. The van der Waals surface area contributed by atoms with Crippen LogP contribution in [0.1, 0.15) is 28.4 Å². The van der Waals surface area contributed by atoms with Crippen LogP contribution in [0.25, 0.3) is 0 Å². The Labute approximate surface area is 123 Å². The summed E-state index contributed by atoms with van der Waals surface area (Å²) in [5.74, 6) is -0.390. The predicted octanol–water partition coefficient (Wildman–Crippen LogP) is 1.51. The van der Waals surface area contributed by atoms with Gasteiger partial charge < -0.3 is 10.6 Å². The molecule has 0 spiro atoms. The minimum atomic E-state index is -0.564. The average molecular weight is 282 g/mol. The lowest BCUT2D eigenvalue weighted by atomic mass is 9.87. The van der Waals surface area contributed by atoms with Crippen molar-refractivity contribution in [3.63, 3.8) is 0 Å². The molecule has 3 rings (SSSR count). The van der Waals surface area contributed by atoms with Crippen molar-refractivity contribution >= 4 is 11.8 Å². The molecule has 2 N–H and O–H groups in total. The van der Waals surface area contributed by atoms with Gasteiger partial charge in [-0.05, 0) is 43.0 Å². The molecule has 1 atom stereocenters. The first-order valence-electron chi connectivity index (χ1n) is 7.21. The second-order valence-electron chi connectivity index (χ2n) is 5.48. The second-order valence-corrected chi connectivity index (χ2v) is 5.48. The van der Waals surface area contributed by atoms with E-state index in [0.717, 1.165) is 12.8 Å². The van der Waals surface area contributed by atoms with E-state index in [0.29, 0.717) is 5.56 Å². The van der Waals surface area contributed by atoms with Crippen LogP contribution in [0.4, 0.5) is 0 Å². The van der Waals surface area contributed by atoms with Gasteiger partial charge in [-0.3, -0.25) is 9.59 Å². The van der Waals surface area contributed by atoms with Gasteiger partial charge in [-0.1, -0.05) is 30.4 Å². The van der Waals surface area contributed by atoms with Gasteiger partial charge in [0, 0.05) is 5.56 Å². The van der Waals surface area contributed by atoms with Crippen molar-refractivity contribution in [2.75, 3.05) is 0 Å². The topological polar surface area (TPSA) is 58.2 Å². The summed E-state index contributed by atoms with van der Waals surface area (Å²) in [6.07, 6.45) is 9.68. The van der Waals surface area contributed by atoms with E-state index in [1.54, 1.807) is 6.92 Å². The third kappa shape index (κ3) is 2.89. The quantitative estimate of drug-likeness (QED) is 0.879. The second kappa shape index (κ2) is 5.56.